The van der Waals surface area contributed by atoms with Gasteiger partial charge in [0.15, 0.2) is 6.61 Å². The van der Waals surface area contributed by atoms with Crippen molar-refractivity contribution in [2.75, 3.05) is 32.7 Å². The molecule has 3 rings (SSSR count). The van der Waals surface area contributed by atoms with Crippen molar-refractivity contribution in [2.24, 2.45) is 0 Å². The number of carbonyl (C=O) groups excluding carboxylic acids is 3. The lowest BCUT2D eigenvalue weighted by Crippen LogP contribution is -2.30. The number of imide groups is 1. The third-order valence-electron chi connectivity index (χ3n) is 4.43. The molecule has 10 heteroatoms. The Hall–Kier alpha value is -4.26. The molecule has 0 atom stereocenters. The Morgan fingerprint density at radius 3 is 2.74 bits per heavy atom. The van der Waals surface area contributed by atoms with E-state index in [2.05, 4.69) is 10.1 Å². The van der Waals surface area contributed by atoms with Gasteiger partial charge >= 0.3 is 12.0 Å². The smallest absolute Gasteiger partial charge is 0.373 e. The Balaban J connectivity index is 1.83. The molecule has 0 bridgehead atoms. The van der Waals surface area contributed by atoms with Crippen molar-refractivity contribution in [1.82, 2.24) is 10.2 Å². The zero-order valence-electron chi connectivity index (χ0n) is 17.2. The molecule has 2 heterocycles. The lowest BCUT2D eigenvalue weighted by molar-refractivity contribution is -0.123. The van der Waals surface area contributed by atoms with Gasteiger partial charge in [-0.15, -0.1) is 0 Å². The number of amides is 3. The topological polar surface area (TPSA) is 125 Å². The minimum atomic E-state index is -0.657. The van der Waals surface area contributed by atoms with E-state index in [9.17, 15) is 14.4 Å². The number of carbonyl (C=O) groups is 3. The fourth-order valence-electron chi connectivity index (χ4n) is 2.86. The number of nitrogens with zero attached hydrogens (tertiary/aromatic N) is 3. The van der Waals surface area contributed by atoms with Gasteiger partial charge in [0.1, 0.15) is 23.3 Å². The third kappa shape index (κ3) is 4.67. The Bertz CT molecular complexity index is 1100. The Labute approximate surface area is 178 Å². The van der Waals surface area contributed by atoms with Crippen molar-refractivity contribution in [1.29, 1.82) is 5.26 Å². The van der Waals surface area contributed by atoms with Crippen LogP contribution in [0.3, 0.4) is 0 Å². The van der Waals surface area contributed by atoms with Gasteiger partial charge in [0.2, 0.25) is 5.76 Å². The summed E-state index contributed by atoms with van der Waals surface area (Å²) in [6.07, 6.45) is 1.48. The third-order valence-corrected chi connectivity index (χ3v) is 4.43. The number of hydrogen-bond donors (Lipinski definition) is 1. The van der Waals surface area contributed by atoms with E-state index in [0.717, 1.165) is 10.6 Å². The SMILES string of the molecule is COC(=O)c1ccc(CN2C(=O)NC(=Cc3ccc(N(C)C)cc3OCC#N)C2=O)o1. The highest BCUT2D eigenvalue weighted by Crippen LogP contribution is 2.28. The van der Waals surface area contributed by atoms with Crippen LogP contribution in [0.15, 0.2) is 40.4 Å². The fraction of sp³-hybridized carbons (Fsp3) is 0.238. The van der Waals surface area contributed by atoms with E-state index in [1.54, 1.807) is 12.1 Å². The highest BCUT2D eigenvalue weighted by atomic mass is 16.5. The maximum Gasteiger partial charge on any atom is 0.373 e. The normalized spacial score (nSPS) is 14.4. The van der Waals surface area contributed by atoms with Crippen molar-refractivity contribution in [3.05, 3.63) is 53.1 Å². The second-order valence-corrected chi connectivity index (χ2v) is 6.70. The second kappa shape index (κ2) is 9.04. The van der Waals surface area contributed by atoms with Crippen LogP contribution in [0.25, 0.3) is 6.08 Å². The number of hydrogen-bond acceptors (Lipinski definition) is 8. The number of anilines is 1. The highest BCUT2D eigenvalue weighted by Gasteiger charge is 2.34. The molecule has 2 aromatic rings. The molecule has 0 spiro atoms. The van der Waals surface area contributed by atoms with Crippen LogP contribution < -0.4 is 15.0 Å². The first-order chi connectivity index (χ1) is 14.8. The molecule has 1 aliphatic heterocycles. The molecule has 1 aromatic heterocycles. The molecule has 0 aliphatic carbocycles. The molecule has 0 radical (unpaired) electrons. The molecule has 1 aromatic carbocycles. The van der Waals surface area contributed by atoms with Gasteiger partial charge < -0.3 is 24.1 Å². The summed E-state index contributed by atoms with van der Waals surface area (Å²) in [4.78, 5) is 39.4. The number of benzene rings is 1. The largest absolute Gasteiger partial charge is 0.478 e. The summed E-state index contributed by atoms with van der Waals surface area (Å²) >= 11 is 0. The average Bonchev–Trinajstić information content (AvgIpc) is 3.32. The highest BCUT2D eigenvalue weighted by molar-refractivity contribution is 6.14. The Morgan fingerprint density at radius 1 is 1.29 bits per heavy atom. The second-order valence-electron chi connectivity index (χ2n) is 6.70. The van der Waals surface area contributed by atoms with Gasteiger partial charge in [-0.1, -0.05) is 0 Å². The molecule has 10 nitrogen and oxygen atoms in total. The Kier molecular flexibility index (Phi) is 6.26. The van der Waals surface area contributed by atoms with E-state index in [0.29, 0.717) is 11.3 Å². The first-order valence-corrected chi connectivity index (χ1v) is 9.16. The molecule has 1 fully saturated rings. The van der Waals surface area contributed by atoms with E-state index in [-0.39, 0.29) is 30.4 Å². The van der Waals surface area contributed by atoms with Gasteiger partial charge in [-0.3, -0.25) is 9.69 Å². The first-order valence-electron chi connectivity index (χ1n) is 9.16. The van der Waals surface area contributed by atoms with Gasteiger partial charge in [0.05, 0.1) is 13.7 Å². The maximum atomic E-state index is 12.8. The van der Waals surface area contributed by atoms with Gasteiger partial charge in [-0.05, 0) is 30.3 Å². The molecule has 1 saturated heterocycles. The van der Waals surface area contributed by atoms with Crippen molar-refractivity contribution in [2.45, 2.75) is 6.54 Å². The van der Waals surface area contributed by atoms with Crippen LogP contribution in [0, 0.1) is 11.3 Å². The van der Waals surface area contributed by atoms with E-state index in [1.807, 2.05) is 31.1 Å². The summed E-state index contributed by atoms with van der Waals surface area (Å²) in [5.41, 5.74) is 1.42. The van der Waals surface area contributed by atoms with Crippen LogP contribution in [0.5, 0.6) is 5.75 Å². The van der Waals surface area contributed by atoms with Crippen molar-refractivity contribution >= 4 is 29.7 Å². The quantitative estimate of drug-likeness (QED) is 0.407. The van der Waals surface area contributed by atoms with Crippen molar-refractivity contribution in [3.63, 3.8) is 0 Å². The zero-order chi connectivity index (χ0) is 22.5. The molecular weight excluding hydrogens is 404 g/mol. The first kappa shape index (κ1) is 21.4. The number of nitrogens with one attached hydrogen (secondary N) is 1. The summed E-state index contributed by atoms with van der Waals surface area (Å²) in [6.45, 7) is -0.323. The van der Waals surface area contributed by atoms with Crippen LogP contribution in [0.4, 0.5) is 10.5 Å². The number of methoxy groups -OCH3 is 1. The van der Waals surface area contributed by atoms with Crippen LogP contribution in [0.1, 0.15) is 21.9 Å². The van der Waals surface area contributed by atoms with Gasteiger partial charge in [-0.25, -0.2) is 9.59 Å². The number of ether oxygens (including phenoxy) is 2. The van der Waals surface area contributed by atoms with E-state index in [4.69, 9.17) is 14.4 Å². The maximum absolute atomic E-state index is 12.8. The van der Waals surface area contributed by atoms with Crippen LogP contribution in [-0.4, -0.2) is 50.6 Å². The molecule has 160 valence electrons. The molecule has 0 unspecified atom stereocenters. The molecule has 0 saturated carbocycles. The number of rotatable bonds is 7. The summed E-state index contributed by atoms with van der Waals surface area (Å²) < 4.78 is 15.4. The molecule has 31 heavy (non-hydrogen) atoms. The summed E-state index contributed by atoms with van der Waals surface area (Å²) in [5, 5.41) is 11.3. The lowest BCUT2D eigenvalue weighted by Gasteiger charge is -2.15. The van der Waals surface area contributed by atoms with E-state index >= 15 is 0 Å². The minimum Gasteiger partial charge on any atom is -0.478 e. The number of nitriles is 1. The standard InChI is InChI=1S/C21H20N4O6/c1-24(2)14-5-4-13(18(11-14)30-9-8-22)10-16-19(26)25(21(28)23-16)12-15-6-7-17(31-15)20(27)29-3/h4-7,10-11H,9,12H2,1-3H3,(H,23,28). The summed E-state index contributed by atoms with van der Waals surface area (Å²) in [6, 6.07) is 9.46. The van der Waals surface area contributed by atoms with Gasteiger partial charge in [0.25, 0.3) is 5.91 Å². The van der Waals surface area contributed by atoms with Crippen molar-refractivity contribution in [3.8, 4) is 11.8 Å². The monoisotopic (exact) mass is 424 g/mol. The number of esters is 1. The van der Waals surface area contributed by atoms with Crippen LogP contribution in [0.2, 0.25) is 0 Å². The number of urea groups is 1. The van der Waals surface area contributed by atoms with Crippen molar-refractivity contribution < 1.29 is 28.3 Å². The van der Waals surface area contributed by atoms with Crippen LogP contribution >= 0.6 is 0 Å². The average molecular weight is 424 g/mol. The zero-order valence-corrected chi connectivity index (χ0v) is 17.2. The predicted octanol–water partition coefficient (Wildman–Crippen LogP) is 2.13. The lowest BCUT2D eigenvalue weighted by atomic mass is 10.1. The summed E-state index contributed by atoms with van der Waals surface area (Å²) in [5.74, 6) is -0.604. The Morgan fingerprint density at radius 2 is 2.06 bits per heavy atom. The van der Waals surface area contributed by atoms with Gasteiger partial charge in [0, 0.05) is 31.4 Å². The van der Waals surface area contributed by atoms with E-state index in [1.165, 1.54) is 25.3 Å². The minimum absolute atomic E-state index is 0.0272. The molecule has 1 N–H and O–H groups in total. The fourth-order valence-corrected chi connectivity index (χ4v) is 2.86. The van der Waals surface area contributed by atoms with E-state index < -0.39 is 17.9 Å². The predicted molar refractivity (Wildman–Crippen MR) is 109 cm³/mol. The number of furan rings is 1. The van der Waals surface area contributed by atoms with Gasteiger partial charge in [-0.2, -0.15) is 5.26 Å². The molecular formula is C21H20N4O6. The summed E-state index contributed by atoms with van der Waals surface area (Å²) in [7, 11) is 4.94. The molecule has 1 aliphatic rings. The van der Waals surface area contributed by atoms with Crippen LogP contribution in [-0.2, 0) is 16.1 Å². The molecule has 3 amide bonds.